The molecule has 0 aliphatic carbocycles. The summed E-state index contributed by atoms with van der Waals surface area (Å²) in [6.07, 6.45) is 1.91. The monoisotopic (exact) mass is 233 g/mol. The Morgan fingerprint density at radius 1 is 1.20 bits per heavy atom. The van der Waals surface area contributed by atoms with Crippen molar-refractivity contribution >= 4 is 10.9 Å². The first kappa shape index (κ1) is 14.1. The summed E-state index contributed by atoms with van der Waals surface area (Å²) in [5, 5.41) is 4.06. The van der Waals surface area contributed by atoms with Crippen LogP contribution in [0.1, 0.15) is 25.0 Å². The summed E-state index contributed by atoms with van der Waals surface area (Å²) in [7, 11) is -2.62. The molecule has 15 heavy (non-hydrogen) atoms. The molecule has 0 aliphatic heterocycles. The minimum Gasteiger partial charge on any atom is -0.231 e. The molecule has 0 heterocycles. The lowest BCUT2D eigenvalue weighted by atomic mass is 10.0. The summed E-state index contributed by atoms with van der Waals surface area (Å²) < 4.78 is 30.3. The molecule has 0 unspecified atom stereocenters. The third-order valence-electron chi connectivity index (χ3n) is 1.93. The minimum atomic E-state index is -2.62. The lowest BCUT2D eigenvalue weighted by Crippen LogP contribution is -1.91. The molecule has 86 valence electrons. The maximum absolute atomic E-state index is 12.7. The van der Waals surface area contributed by atoms with Crippen LogP contribution in [-0.4, -0.2) is 8.42 Å². The van der Waals surface area contributed by atoms with E-state index in [4.69, 9.17) is 8.42 Å². The molecule has 1 rings (SSSR count). The zero-order chi connectivity index (χ0) is 11.8. The van der Waals surface area contributed by atoms with Crippen molar-refractivity contribution in [2.45, 2.75) is 26.7 Å². The molecule has 0 saturated heterocycles. The van der Waals surface area contributed by atoms with Crippen LogP contribution in [0.15, 0.2) is 18.2 Å². The number of thiol groups is 1. The topological polar surface area (TPSA) is 60.2 Å². The number of hydrogen-bond donors (Lipinski definition) is 2. The van der Waals surface area contributed by atoms with Gasteiger partial charge in [-0.15, -0.1) is 0 Å². The quantitative estimate of drug-likeness (QED) is 0.759. The molecular formula is C10H16FNO2S. The van der Waals surface area contributed by atoms with Crippen molar-refractivity contribution in [1.82, 2.24) is 0 Å². The largest absolute Gasteiger partial charge is 0.231 e. The Balaban J connectivity index is 0.000000423. The maximum atomic E-state index is 12.7. The fourth-order valence-corrected chi connectivity index (χ4v) is 1.27. The number of hydrogen-bond acceptors (Lipinski definition) is 2. The normalized spacial score (nSPS) is 9.67. The lowest BCUT2D eigenvalue weighted by molar-refractivity contribution is 0.616. The summed E-state index contributed by atoms with van der Waals surface area (Å²) in [5.74, 6) is -0.126. The van der Waals surface area contributed by atoms with E-state index in [1.807, 2.05) is 13.0 Å². The van der Waals surface area contributed by atoms with Gasteiger partial charge in [-0.2, -0.15) is 0 Å². The van der Waals surface area contributed by atoms with E-state index in [0.29, 0.717) is 0 Å². The van der Waals surface area contributed by atoms with E-state index in [9.17, 15) is 4.39 Å². The third-order valence-corrected chi connectivity index (χ3v) is 1.93. The van der Waals surface area contributed by atoms with Gasteiger partial charge >= 0.3 is 0 Å². The van der Waals surface area contributed by atoms with Crippen LogP contribution in [-0.2, 0) is 23.7 Å². The molecular weight excluding hydrogens is 217 g/mol. The molecule has 0 radical (unpaired) electrons. The zero-order valence-electron chi connectivity index (χ0n) is 8.87. The fraction of sp³-hybridized carbons (Fsp3) is 0.400. The van der Waals surface area contributed by atoms with Crippen LogP contribution in [0.2, 0.25) is 0 Å². The second kappa shape index (κ2) is 7.36. The van der Waals surface area contributed by atoms with E-state index < -0.39 is 10.9 Å². The van der Waals surface area contributed by atoms with Crippen molar-refractivity contribution in [2.24, 2.45) is 5.14 Å². The van der Waals surface area contributed by atoms with Gasteiger partial charge < -0.3 is 0 Å². The van der Waals surface area contributed by atoms with Crippen molar-refractivity contribution in [3.05, 3.63) is 35.1 Å². The Kier molecular flexibility index (Phi) is 6.90. The molecule has 0 bridgehead atoms. The first-order valence-corrected chi connectivity index (χ1v) is 5.92. The highest BCUT2D eigenvalue weighted by Gasteiger charge is 1.98. The molecule has 0 aliphatic rings. The van der Waals surface area contributed by atoms with Gasteiger partial charge in [0.2, 0.25) is 0 Å². The number of aryl methyl sites for hydroxylation is 2. The molecule has 0 spiro atoms. The summed E-state index contributed by atoms with van der Waals surface area (Å²) >= 11 is 0. The highest BCUT2D eigenvalue weighted by atomic mass is 32.2. The van der Waals surface area contributed by atoms with Crippen LogP contribution in [0, 0.1) is 5.82 Å². The van der Waals surface area contributed by atoms with E-state index in [0.717, 1.165) is 18.4 Å². The molecule has 0 saturated carbocycles. The number of halogens is 1. The predicted octanol–water partition coefficient (Wildman–Crippen LogP) is 1.42. The fourth-order valence-electron chi connectivity index (χ4n) is 1.27. The van der Waals surface area contributed by atoms with E-state index in [-0.39, 0.29) is 5.82 Å². The summed E-state index contributed by atoms with van der Waals surface area (Å²) in [6, 6.07) is 5.02. The highest BCUT2D eigenvalue weighted by Crippen LogP contribution is 2.12. The van der Waals surface area contributed by atoms with Gasteiger partial charge in [-0.25, -0.2) is 17.9 Å². The van der Waals surface area contributed by atoms with Crippen LogP contribution in [0.4, 0.5) is 4.39 Å². The second-order valence-electron chi connectivity index (χ2n) is 2.91. The summed E-state index contributed by atoms with van der Waals surface area (Å²) in [4.78, 5) is 0. The van der Waals surface area contributed by atoms with Gasteiger partial charge in [0.1, 0.15) is 5.82 Å². The first-order chi connectivity index (χ1) is 7.01. The van der Waals surface area contributed by atoms with Crippen LogP contribution in [0.25, 0.3) is 0 Å². The van der Waals surface area contributed by atoms with Gasteiger partial charge in [-0.1, -0.05) is 19.9 Å². The molecule has 0 fully saturated rings. The van der Waals surface area contributed by atoms with E-state index in [1.165, 1.54) is 11.6 Å². The van der Waals surface area contributed by atoms with Gasteiger partial charge in [-0.3, -0.25) is 0 Å². The number of benzene rings is 1. The minimum absolute atomic E-state index is 0.126. The standard InChI is InChI=1S/C10H13F.H3NO2S/c1-3-8-5-6-10(11)7-9(8)4-2;1-4(2)3/h5-7H,3-4H2,1-2H3;4H,(H2,1,2,3). The molecule has 1 aromatic carbocycles. The molecule has 2 N–H and O–H groups in total. The van der Waals surface area contributed by atoms with Crippen molar-refractivity contribution < 1.29 is 12.8 Å². The molecule has 0 amide bonds. The Bertz CT molecular complexity index is 370. The predicted molar refractivity (Wildman–Crippen MR) is 59.7 cm³/mol. The highest BCUT2D eigenvalue weighted by molar-refractivity contribution is 7.69. The Hall–Kier alpha value is -0.940. The maximum Gasteiger partial charge on any atom is 0.198 e. The first-order valence-electron chi connectivity index (χ1n) is 4.67. The van der Waals surface area contributed by atoms with Crippen LogP contribution < -0.4 is 5.14 Å². The van der Waals surface area contributed by atoms with Gasteiger partial charge in [-0.05, 0) is 36.1 Å². The third kappa shape index (κ3) is 6.19. The van der Waals surface area contributed by atoms with Crippen molar-refractivity contribution in [3.8, 4) is 0 Å². The molecule has 0 aromatic heterocycles. The Labute approximate surface area is 91.2 Å². The Morgan fingerprint density at radius 2 is 1.67 bits per heavy atom. The van der Waals surface area contributed by atoms with Crippen molar-refractivity contribution in [2.75, 3.05) is 0 Å². The van der Waals surface area contributed by atoms with Gasteiger partial charge in [0.05, 0.1) is 0 Å². The molecule has 1 aromatic rings. The molecule has 0 atom stereocenters. The van der Waals surface area contributed by atoms with E-state index >= 15 is 0 Å². The lowest BCUT2D eigenvalue weighted by Gasteiger charge is -2.03. The molecule has 3 nitrogen and oxygen atoms in total. The van der Waals surface area contributed by atoms with Crippen molar-refractivity contribution in [1.29, 1.82) is 0 Å². The number of nitrogens with two attached hydrogens (primary N) is 1. The SMILES string of the molecule is CCc1ccc(F)cc1CC.N[SH](=O)=O. The van der Waals surface area contributed by atoms with E-state index in [1.54, 1.807) is 6.07 Å². The average Bonchev–Trinajstić information content (AvgIpc) is 2.16. The smallest absolute Gasteiger partial charge is 0.198 e. The van der Waals surface area contributed by atoms with Crippen molar-refractivity contribution in [3.63, 3.8) is 0 Å². The second-order valence-corrected chi connectivity index (χ2v) is 3.48. The summed E-state index contributed by atoms with van der Waals surface area (Å²) in [5.41, 5.74) is 2.39. The Morgan fingerprint density at radius 3 is 2.07 bits per heavy atom. The van der Waals surface area contributed by atoms with Gasteiger partial charge in [0.15, 0.2) is 10.9 Å². The number of rotatable bonds is 2. The van der Waals surface area contributed by atoms with Gasteiger partial charge in [0.25, 0.3) is 0 Å². The zero-order valence-corrected chi connectivity index (χ0v) is 9.76. The average molecular weight is 233 g/mol. The van der Waals surface area contributed by atoms with Crippen LogP contribution in [0.5, 0.6) is 0 Å². The molecule has 5 heteroatoms. The summed E-state index contributed by atoms with van der Waals surface area (Å²) in [6.45, 7) is 4.14. The van der Waals surface area contributed by atoms with Crippen LogP contribution >= 0.6 is 0 Å². The van der Waals surface area contributed by atoms with E-state index in [2.05, 4.69) is 12.1 Å². The van der Waals surface area contributed by atoms with Crippen LogP contribution in [0.3, 0.4) is 0 Å². The van der Waals surface area contributed by atoms with Gasteiger partial charge in [0, 0.05) is 0 Å².